The van der Waals surface area contributed by atoms with Crippen LogP contribution in [0.2, 0.25) is 0 Å². The van der Waals surface area contributed by atoms with Gasteiger partial charge in [-0.3, -0.25) is 4.79 Å². The Balaban J connectivity index is 2.57. The van der Waals surface area contributed by atoms with Gasteiger partial charge in [0.2, 0.25) is 6.41 Å². The molecule has 0 aliphatic carbocycles. The highest BCUT2D eigenvalue weighted by Gasteiger charge is 2.07. The molecule has 1 aromatic carbocycles. The molecule has 0 spiro atoms. The van der Waals surface area contributed by atoms with Crippen LogP contribution < -0.4 is 11.1 Å². The van der Waals surface area contributed by atoms with Crippen molar-refractivity contribution in [3.05, 3.63) is 29.3 Å². The molecule has 1 unspecified atom stereocenters. The second-order valence-electron chi connectivity index (χ2n) is 4.55. The van der Waals surface area contributed by atoms with E-state index in [0.29, 0.717) is 5.92 Å². The summed E-state index contributed by atoms with van der Waals surface area (Å²) in [6.07, 6.45) is 3.82. The van der Waals surface area contributed by atoms with E-state index >= 15 is 0 Å². The van der Waals surface area contributed by atoms with Crippen molar-refractivity contribution >= 4 is 12.1 Å². The van der Waals surface area contributed by atoms with E-state index in [9.17, 15) is 4.79 Å². The Labute approximate surface area is 103 Å². The van der Waals surface area contributed by atoms with E-state index in [0.717, 1.165) is 37.9 Å². The van der Waals surface area contributed by atoms with Crippen molar-refractivity contribution in [2.45, 2.75) is 33.1 Å². The second kappa shape index (κ2) is 6.94. The highest BCUT2D eigenvalue weighted by atomic mass is 16.1. The maximum Gasteiger partial charge on any atom is 0.207 e. The first kappa shape index (κ1) is 13.6. The molecule has 94 valence electrons. The number of hydrogen-bond acceptors (Lipinski definition) is 2. The number of nitrogens with two attached hydrogens (primary N) is 1. The number of nitrogen functional groups attached to an aromatic ring is 1. The molecule has 1 aromatic rings. The summed E-state index contributed by atoms with van der Waals surface area (Å²) in [6.45, 7) is 5.11. The van der Waals surface area contributed by atoms with Gasteiger partial charge in [-0.25, -0.2) is 0 Å². The summed E-state index contributed by atoms with van der Waals surface area (Å²) in [6, 6.07) is 6.15. The first-order chi connectivity index (χ1) is 8.17. The van der Waals surface area contributed by atoms with E-state index in [1.165, 1.54) is 11.1 Å². The van der Waals surface area contributed by atoms with Gasteiger partial charge in [0.05, 0.1) is 0 Å². The van der Waals surface area contributed by atoms with Gasteiger partial charge in [0.15, 0.2) is 0 Å². The molecule has 0 radical (unpaired) electrons. The fraction of sp³-hybridized carbons (Fsp3) is 0.500. The van der Waals surface area contributed by atoms with E-state index in [-0.39, 0.29) is 0 Å². The molecule has 0 saturated carbocycles. The SMILES string of the molecule is CCc1cc(N)ccc1CC(C)CCNC=O. The molecular weight excluding hydrogens is 212 g/mol. The van der Waals surface area contributed by atoms with Crippen LogP contribution in [-0.4, -0.2) is 13.0 Å². The zero-order valence-corrected chi connectivity index (χ0v) is 10.7. The molecule has 0 saturated heterocycles. The topological polar surface area (TPSA) is 55.1 Å². The monoisotopic (exact) mass is 234 g/mol. The Morgan fingerprint density at radius 2 is 2.18 bits per heavy atom. The maximum absolute atomic E-state index is 10.2. The summed E-state index contributed by atoms with van der Waals surface area (Å²) in [4.78, 5) is 10.2. The molecule has 1 amide bonds. The van der Waals surface area contributed by atoms with Crippen LogP contribution in [0.4, 0.5) is 5.69 Å². The summed E-state index contributed by atoms with van der Waals surface area (Å²) >= 11 is 0. The number of carbonyl (C=O) groups excluding carboxylic acids is 1. The van der Waals surface area contributed by atoms with E-state index in [2.05, 4.69) is 31.3 Å². The molecule has 1 atom stereocenters. The number of anilines is 1. The average Bonchev–Trinajstić information content (AvgIpc) is 2.32. The molecule has 17 heavy (non-hydrogen) atoms. The minimum absolute atomic E-state index is 0.566. The lowest BCUT2D eigenvalue weighted by molar-refractivity contribution is -0.109. The molecule has 3 nitrogen and oxygen atoms in total. The van der Waals surface area contributed by atoms with Crippen LogP contribution in [0.25, 0.3) is 0 Å². The van der Waals surface area contributed by atoms with Gasteiger partial charge in [-0.15, -0.1) is 0 Å². The van der Waals surface area contributed by atoms with Gasteiger partial charge in [0.25, 0.3) is 0 Å². The van der Waals surface area contributed by atoms with Crippen molar-refractivity contribution in [1.29, 1.82) is 0 Å². The van der Waals surface area contributed by atoms with Crippen molar-refractivity contribution in [2.75, 3.05) is 12.3 Å². The molecule has 0 bridgehead atoms. The average molecular weight is 234 g/mol. The fourth-order valence-electron chi connectivity index (χ4n) is 2.04. The van der Waals surface area contributed by atoms with Crippen LogP contribution >= 0.6 is 0 Å². The molecular formula is C14H22N2O. The zero-order chi connectivity index (χ0) is 12.7. The Bertz CT molecular complexity index is 363. The molecule has 0 heterocycles. The molecule has 0 aromatic heterocycles. The quantitative estimate of drug-likeness (QED) is 0.431. The van der Waals surface area contributed by atoms with Crippen LogP contribution in [0.15, 0.2) is 18.2 Å². The molecule has 3 N–H and O–H groups in total. The van der Waals surface area contributed by atoms with Crippen LogP contribution in [0, 0.1) is 5.92 Å². The van der Waals surface area contributed by atoms with Gasteiger partial charge >= 0.3 is 0 Å². The summed E-state index contributed by atoms with van der Waals surface area (Å²) in [5, 5.41) is 2.70. The number of rotatable bonds is 7. The van der Waals surface area contributed by atoms with E-state index < -0.39 is 0 Å². The highest BCUT2D eigenvalue weighted by molar-refractivity contribution is 5.46. The van der Waals surface area contributed by atoms with E-state index in [4.69, 9.17) is 5.73 Å². The number of nitrogens with one attached hydrogen (secondary N) is 1. The maximum atomic E-state index is 10.2. The minimum Gasteiger partial charge on any atom is -0.399 e. The third-order valence-corrected chi connectivity index (χ3v) is 3.04. The summed E-state index contributed by atoms with van der Waals surface area (Å²) in [5.74, 6) is 0.566. The Kier molecular flexibility index (Phi) is 5.53. The lowest BCUT2D eigenvalue weighted by atomic mass is 9.93. The van der Waals surface area contributed by atoms with Crippen LogP contribution in [0.3, 0.4) is 0 Å². The van der Waals surface area contributed by atoms with Gasteiger partial charge in [0, 0.05) is 12.2 Å². The standard InChI is InChI=1S/C14H22N2O/c1-3-12-9-14(15)5-4-13(12)8-11(2)6-7-16-10-17/h4-5,9-11H,3,6-8,15H2,1-2H3,(H,16,17). The lowest BCUT2D eigenvalue weighted by Crippen LogP contribution is -2.16. The molecule has 3 heteroatoms. The predicted molar refractivity (Wildman–Crippen MR) is 71.8 cm³/mol. The molecule has 0 fully saturated rings. The minimum atomic E-state index is 0.566. The van der Waals surface area contributed by atoms with Gasteiger partial charge < -0.3 is 11.1 Å². The third kappa shape index (κ3) is 4.47. The van der Waals surface area contributed by atoms with Crippen molar-refractivity contribution in [3.8, 4) is 0 Å². The number of hydrogen-bond donors (Lipinski definition) is 2. The Hall–Kier alpha value is -1.51. The van der Waals surface area contributed by atoms with Crippen LogP contribution in [0.5, 0.6) is 0 Å². The first-order valence-electron chi connectivity index (χ1n) is 6.21. The first-order valence-corrected chi connectivity index (χ1v) is 6.21. The van der Waals surface area contributed by atoms with Gasteiger partial charge in [-0.05, 0) is 48.4 Å². The lowest BCUT2D eigenvalue weighted by Gasteiger charge is -2.14. The zero-order valence-electron chi connectivity index (χ0n) is 10.7. The Morgan fingerprint density at radius 3 is 2.82 bits per heavy atom. The van der Waals surface area contributed by atoms with Crippen molar-refractivity contribution in [3.63, 3.8) is 0 Å². The van der Waals surface area contributed by atoms with Crippen LogP contribution in [-0.2, 0) is 17.6 Å². The van der Waals surface area contributed by atoms with E-state index in [1.54, 1.807) is 0 Å². The summed E-state index contributed by atoms with van der Waals surface area (Å²) < 4.78 is 0. The number of aryl methyl sites for hydroxylation is 1. The van der Waals surface area contributed by atoms with Crippen molar-refractivity contribution < 1.29 is 4.79 Å². The van der Waals surface area contributed by atoms with Crippen molar-refractivity contribution in [2.24, 2.45) is 5.92 Å². The van der Waals surface area contributed by atoms with Gasteiger partial charge in [-0.1, -0.05) is 19.9 Å². The number of benzene rings is 1. The predicted octanol–water partition coefficient (Wildman–Crippen LogP) is 2.15. The summed E-state index contributed by atoms with van der Waals surface area (Å²) in [5.41, 5.74) is 9.33. The fourth-order valence-corrected chi connectivity index (χ4v) is 2.04. The normalized spacial score (nSPS) is 12.1. The largest absolute Gasteiger partial charge is 0.399 e. The third-order valence-electron chi connectivity index (χ3n) is 3.04. The van der Waals surface area contributed by atoms with Gasteiger partial charge in [-0.2, -0.15) is 0 Å². The smallest absolute Gasteiger partial charge is 0.207 e. The van der Waals surface area contributed by atoms with Crippen molar-refractivity contribution in [1.82, 2.24) is 5.32 Å². The van der Waals surface area contributed by atoms with E-state index in [1.807, 2.05) is 6.07 Å². The molecule has 0 aliphatic rings. The van der Waals surface area contributed by atoms with Crippen LogP contribution in [0.1, 0.15) is 31.4 Å². The Morgan fingerprint density at radius 1 is 1.41 bits per heavy atom. The highest BCUT2D eigenvalue weighted by Crippen LogP contribution is 2.19. The van der Waals surface area contributed by atoms with Gasteiger partial charge in [0.1, 0.15) is 0 Å². The second-order valence-corrected chi connectivity index (χ2v) is 4.55. The number of carbonyl (C=O) groups is 1. The molecule has 0 aliphatic heterocycles. The number of amides is 1. The molecule has 1 rings (SSSR count). The summed E-state index contributed by atoms with van der Waals surface area (Å²) in [7, 11) is 0.